The molecule has 0 bridgehead atoms. The topological polar surface area (TPSA) is 69.5 Å². The van der Waals surface area contributed by atoms with Gasteiger partial charge in [0.15, 0.2) is 11.3 Å². The van der Waals surface area contributed by atoms with Crippen molar-refractivity contribution >= 4 is 22.7 Å². The van der Waals surface area contributed by atoms with Crippen molar-refractivity contribution in [1.29, 1.82) is 0 Å². The van der Waals surface area contributed by atoms with Gasteiger partial charge in [-0.15, -0.1) is 0 Å². The monoisotopic (exact) mass is 468 g/mol. The Morgan fingerprint density at radius 3 is 2.41 bits per heavy atom. The van der Waals surface area contributed by atoms with E-state index in [-0.39, 0.29) is 23.5 Å². The molecule has 0 unspecified atom stereocenters. The molecule has 7 nitrogen and oxygen atoms in total. The van der Waals surface area contributed by atoms with Gasteiger partial charge in [0.1, 0.15) is 5.82 Å². The zero-order valence-electron chi connectivity index (χ0n) is 20.5. The maximum absolute atomic E-state index is 13.6. The molecule has 1 saturated heterocycles. The summed E-state index contributed by atoms with van der Waals surface area (Å²) in [6.45, 7) is 10.8. The van der Waals surface area contributed by atoms with Crippen LogP contribution in [0.1, 0.15) is 62.6 Å². The third kappa shape index (κ3) is 4.92. The normalized spacial score (nSPS) is 15.0. The number of hydrogen-bond acceptors (Lipinski definition) is 6. The third-order valence-corrected chi connectivity index (χ3v) is 6.28. The van der Waals surface area contributed by atoms with Crippen molar-refractivity contribution in [3.05, 3.63) is 47.5 Å². The first-order valence-electron chi connectivity index (χ1n) is 11.9. The molecule has 1 aliphatic rings. The Bertz CT molecular complexity index is 1150. The average molecular weight is 469 g/mol. The number of anilines is 1. The number of carbonyl (C=O) groups is 1. The van der Waals surface area contributed by atoms with E-state index in [0.29, 0.717) is 17.3 Å². The number of fused-ring (bicyclic) bond motifs is 1. The molecule has 4 rings (SSSR count). The Labute approximate surface area is 199 Å². The van der Waals surface area contributed by atoms with Gasteiger partial charge in [0, 0.05) is 19.7 Å². The van der Waals surface area contributed by atoms with E-state index in [4.69, 9.17) is 14.6 Å². The smallest absolute Gasteiger partial charge is 0.356 e. The number of hydrogen-bond donors (Lipinski definition) is 0. The molecule has 1 aromatic carbocycles. The molecule has 182 valence electrons. The maximum Gasteiger partial charge on any atom is 0.356 e. The molecule has 3 aromatic rings. The molecule has 0 spiro atoms. The van der Waals surface area contributed by atoms with Crippen LogP contribution in [0.5, 0.6) is 0 Å². The van der Waals surface area contributed by atoms with E-state index >= 15 is 0 Å². The molecule has 8 heteroatoms. The summed E-state index contributed by atoms with van der Waals surface area (Å²) in [7, 11) is 1.35. The van der Waals surface area contributed by atoms with Gasteiger partial charge >= 0.3 is 5.97 Å². The summed E-state index contributed by atoms with van der Waals surface area (Å²) in [6.07, 6.45) is 2.24. The van der Waals surface area contributed by atoms with E-state index in [1.165, 1.54) is 19.2 Å². The first-order valence-corrected chi connectivity index (χ1v) is 11.9. The van der Waals surface area contributed by atoms with Gasteiger partial charge < -0.3 is 14.4 Å². The Balaban J connectivity index is 1.81. The molecule has 0 radical (unpaired) electrons. The Kier molecular flexibility index (Phi) is 7.16. The van der Waals surface area contributed by atoms with E-state index < -0.39 is 5.97 Å². The van der Waals surface area contributed by atoms with Gasteiger partial charge in [0.2, 0.25) is 0 Å². The maximum atomic E-state index is 13.6. The number of pyridine rings is 1. The highest BCUT2D eigenvalue weighted by atomic mass is 19.1. The van der Waals surface area contributed by atoms with E-state index in [0.717, 1.165) is 49.3 Å². The standard InChI is InChI=1S/C26H33FN4O3/c1-16(2)24-23-22(30-12-10-18(11-13-30)15-34-17(3)4)14-21(26(32)33-5)28-25(23)31(29-24)20-8-6-19(27)7-9-20/h6-9,14,16-18H,10-13,15H2,1-5H3. The predicted molar refractivity (Wildman–Crippen MR) is 130 cm³/mol. The van der Waals surface area contributed by atoms with Crippen molar-refractivity contribution < 1.29 is 18.7 Å². The second-order valence-electron chi connectivity index (χ2n) is 9.46. The van der Waals surface area contributed by atoms with E-state index in [1.54, 1.807) is 16.8 Å². The van der Waals surface area contributed by atoms with Crippen molar-refractivity contribution in [1.82, 2.24) is 14.8 Å². The van der Waals surface area contributed by atoms with Crippen molar-refractivity contribution in [2.75, 3.05) is 31.7 Å². The molecular weight excluding hydrogens is 435 g/mol. The van der Waals surface area contributed by atoms with Crippen LogP contribution < -0.4 is 4.90 Å². The summed E-state index contributed by atoms with van der Waals surface area (Å²) in [5, 5.41) is 5.79. The van der Waals surface area contributed by atoms with E-state index in [2.05, 4.69) is 37.6 Å². The minimum absolute atomic E-state index is 0.130. The molecule has 1 fully saturated rings. The lowest BCUT2D eigenvalue weighted by Crippen LogP contribution is -2.35. The van der Waals surface area contributed by atoms with Gasteiger partial charge in [-0.2, -0.15) is 5.10 Å². The molecule has 0 aliphatic carbocycles. The zero-order chi connectivity index (χ0) is 24.4. The van der Waals surface area contributed by atoms with Crippen LogP contribution in [0.4, 0.5) is 10.1 Å². The highest BCUT2D eigenvalue weighted by Crippen LogP contribution is 2.36. The summed E-state index contributed by atoms with van der Waals surface area (Å²) < 4.78 is 26.1. The number of esters is 1. The van der Waals surface area contributed by atoms with Crippen molar-refractivity contribution in [2.45, 2.75) is 52.6 Å². The lowest BCUT2D eigenvalue weighted by Gasteiger charge is -2.34. The Morgan fingerprint density at radius 2 is 1.82 bits per heavy atom. The highest BCUT2D eigenvalue weighted by Gasteiger charge is 2.27. The van der Waals surface area contributed by atoms with Gasteiger partial charge in [-0.05, 0) is 68.9 Å². The number of nitrogens with zero attached hydrogens (tertiary/aromatic N) is 4. The number of ether oxygens (including phenoxy) is 2. The summed E-state index contributed by atoms with van der Waals surface area (Å²) >= 11 is 0. The summed E-state index contributed by atoms with van der Waals surface area (Å²) in [5.41, 5.74) is 3.31. The molecule has 0 atom stereocenters. The van der Waals surface area contributed by atoms with Crippen LogP contribution in [-0.4, -0.2) is 53.6 Å². The average Bonchev–Trinajstić information content (AvgIpc) is 3.22. The minimum Gasteiger partial charge on any atom is -0.464 e. The second kappa shape index (κ2) is 10.1. The van der Waals surface area contributed by atoms with Crippen LogP contribution in [0.15, 0.2) is 30.3 Å². The van der Waals surface area contributed by atoms with Crippen molar-refractivity contribution in [2.24, 2.45) is 5.92 Å². The molecule has 3 heterocycles. The van der Waals surface area contributed by atoms with E-state index in [1.807, 2.05) is 6.07 Å². The Hall–Kier alpha value is -3.00. The summed E-state index contributed by atoms with van der Waals surface area (Å²) in [4.78, 5) is 19.5. The lowest BCUT2D eigenvalue weighted by atomic mass is 9.96. The lowest BCUT2D eigenvalue weighted by molar-refractivity contribution is 0.0449. The van der Waals surface area contributed by atoms with Crippen LogP contribution in [0, 0.1) is 11.7 Å². The first kappa shape index (κ1) is 24.1. The molecular formula is C26H33FN4O3. The van der Waals surface area contributed by atoms with Crippen molar-refractivity contribution in [3.63, 3.8) is 0 Å². The quantitative estimate of drug-likeness (QED) is 0.449. The predicted octanol–water partition coefficient (Wildman–Crippen LogP) is 5.11. The highest BCUT2D eigenvalue weighted by molar-refractivity contribution is 5.99. The summed E-state index contributed by atoms with van der Waals surface area (Å²) in [5.74, 6) is -0.174. The molecule has 34 heavy (non-hydrogen) atoms. The van der Waals surface area contributed by atoms with Crippen LogP contribution in [-0.2, 0) is 9.47 Å². The zero-order valence-corrected chi connectivity index (χ0v) is 20.5. The van der Waals surface area contributed by atoms with Gasteiger partial charge in [0.05, 0.1) is 35.7 Å². The Morgan fingerprint density at radius 1 is 1.15 bits per heavy atom. The minimum atomic E-state index is -0.499. The number of benzene rings is 1. The number of halogens is 1. The fourth-order valence-electron chi connectivity index (χ4n) is 4.42. The molecule has 0 amide bonds. The fourth-order valence-corrected chi connectivity index (χ4v) is 4.42. The number of aromatic nitrogens is 3. The fraction of sp³-hybridized carbons (Fsp3) is 0.500. The van der Waals surface area contributed by atoms with Crippen LogP contribution >= 0.6 is 0 Å². The number of rotatable bonds is 7. The molecule has 2 aromatic heterocycles. The van der Waals surface area contributed by atoms with Crippen LogP contribution in [0.2, 0.25) is 0 Å². The third-order valence-electron chi connectivity index (χ3n) is 6.28. The summed E-state index contributed by atoms with van der Waals surface area (Å²) in [6, 6.07) is 7.94. The SMILES string of the molecule is COC(=O)c1cc(N2CCC(COC(C)C)CC2)c2c(C(C)C)nn(-c3ccc(F)cc3)c2n1. The van der Waals surface area contributed by atoms with Crippen LogP contribution in [0.3, 0.4) is 0 Å². The second-order valence-corrected chi connectivity index (χ2v) is 9.46. The van der Waals surface area contributed by atoms with Gasteiger partial charge in [-0.25, -0.2) is 18.9 Å². The van der Waals surface area contributed by atoms with Gasteiger partial charge in [0.25, 0.3) is 0 Å². The van der Waals surface area contributed by atoms with E-state index in [9.17, 15) is 9.18 Å². The first-order chi connectivity index (χ1) is 16.3. The molecule has 1 aliphatic heterocycles. The number of carbonyl (C=O) groups excluding carboxylic acids is 1. The number of piperidine rings is 1. The molecule has 0 saturated carbocycles. The molecule has 0 N–H and O–H groups in total. The van der Waals surface area contributed by atoms with Gasteiger partial charge in [-0.1, -0.05) is 13.8 Å². The van der Waals surface area contributed by atoms with Crippen LogP contribution in [0.25, 0.3) is 16.7 Å². The van der Waals surface area contributed by atoms with Crippen molar-refractivity contribution in [3.8, 4) is 5.69 Å². The number of methoxy groups -OCH3 is 1. The largest absolute Gasteiger partial charge is 0.464 e. The van der Waals surface area contributed by atoms with Gasteiger partial charge in [-0.3, -0.25) is 0 Å².